The highest BCUT2D eigenvalue weighted by Gasteiger charge is 2.45. The van der Waals surface area contributed by atoms with Crippen LogP contribution in [-0.2, 0) is 19.1 Å². The molecule has 3 aromatic carbocycles. The van der Waals surface area contributed by atoms with E-state index in [1.807, 2.05) is 0 Å². The van der Waals surface area contributed by atoms with Gasteiger partial charge in [-0.25, -0.2) is 4.39 Å². The SMILES string of the molecule is CNC(=O)c1c(F)cccc1Nc1nc(Nc2cc3c(ccn3C(=O)CN(C)C(=O)CCOCCNc3cccc4c3C(=O)N(C3CCC(=O)NC3=O)C4=O)cc2OC)nc2[nH]ccc12. The van der Waals surface area contributed by atoms with Crippen LogP contribution in [0, 0.1) is 5.82 Å². The third-order valence-corrected chi connectivity index (χ3v) is 11.0. The van der Waals surface area contributed by atoms with Gasteiger partial charge in [0.2, 0.25) is 23.7 Å². The molecule has 334 valence electrons. The maximum Gasteiger partial charge on any atom is 0.264 e. The van der Waals surface area contributed by atoms with Crippen molar-refractivity contribution >= 4 is 92.1 Å². The molecule has 20 nitrogen and oxygen atoms in total. The summed E-state index contributed by atoms with van der Waals surface area (Å²) in [5.41, 5.74) is 1.98. The van der Waals surface area contributed by atoms with E-state index in [0.29, 0.717) is 39.1 Å². The van der Waals surface area contributed by atoms with Crippen LogP contribution >= 0.6 is 0 Å². The van der Waals surface area contributed by atoms with E-state index in [2.05, 4.69) is 41.5 Å². The average molecular weight is 888 g/mol. The van der Waals surface area contributed by atoms with Gasteiger partial charge in [0.15, 0.2) is 0 Å². The number of H-pyrrole nitrogens is 1. The number of nitrogens with one attached hydrogen (secondary N) is 6. The first-order chi connectivity index (χ1) is 31.4. The third-order valence-electron chi connectivity index (χ3n) is 11.0. The van der Waals surface area contributed by atoms with Gasteiger partial charge in [0.1, 0.15) is 35.6 Å². The summed E-state index contributed by atoms with van der Waals surface area (Å²) in [4.78, 5) is 104. The molecule has 0 spiro atoms. The van der Waals surface area contributed by atoms with Gasteiger partial charge in [-0.15, -0.1) is 0 Å². The largest absolute Gasteiger partial charge is 0.495 e. The molecular formula is C44H42FN11O9. The van der Waals surface area contributed by atoms with Crippen LogP contribution in [-0.4, -0.2) is 124 Å². The summed E-state index contributed by atoms with van der Waals surface area (Å²) in [5, 5.41) is 15.2. The summed E-state index contributed by atoms with van der Waals surface area (Å²) in [6.07, 6.45) is 3.29. The van der Waals surface area contributed by atoms with Gasteiger partial charge in [-0.05, 0) is 55.0 Å². The number of amides is 6. The van der Waals surface area contributed by atoms with Crippen molar-refractivity contribution in [2.75, 3.05) is 63.5 Å². The molecular weight excluding hydrogens is 846 g/mol. The number of piperidine rings is 1. The topological polar surface area (TPSA) is 251 Å². The Kier molecular flexibility index (Phi) is 12.2. The Morgan fingerprint density at radius 3 is 2.54 bits per heavy atom. The third kappa shape index (κ3) is 8.63. The zero-order chi connectivity index (χ0) is 45.9. The number of hydrogen-bond acceptors (Lipinski definition) is 14. The molecule has 6 amide bonds. The second kappa shape index (κ2) is 18.3. The molecule has 1 unspecified atom stereocenters. The van der Waals surface area contributed by atoms with Crippen molar-refractivity contribution in [2.24, 2.45) is 0 Å². The summed E-state index contributed by atoms with van der Waals surface area (Å²) in [6, 6.07) is 14.8. The lowest BCUT2D eigenvalue weighted by Gasteiger charge is -2.27. The van der Waals surface area contributed by atoms with Crippen molar-refractivity contribution in [3.8, 4) is 5.75 Å². The van der Waals surface area contributed by atoms with Gasteiger partial charge in [-0.2, -0.15) is 9.97 Å². The molecule has 65 heavy (non-hydrogen) atoms. The Hall–Kier alpha value is -8.20. The van der Waals surface area contributed by atoms with Gasteiger partial charge in [-0.3, -0.25) is 48.3 Å². The van der Waals surface area contributed by atoms with Crippen LogP contribution in [0.25, 0.3) is 21.9 Å². The van der Waals surface area contributed by atoms with Gasteiger partial charge >= 0.3 is 0 Å². The van der Waals surface area contributed by atoms with Crippen molar-refractivity contribution in [1.82, 2.24) is 40.0 Å². The number of carbonyl (C=O) groups is 7. The van der Waals surface area contributed by atoms with Gasteiger partial charge in [0, 0.05) is 50.5 Å². The van der Waals surface area contributed by atoms with E-state index in [1.54, 1.807) is 54.9 Å². The second-order valence-electron chi connectivity index (χ2n) is 15.0. The number of likely N-dealkylation sites (N-methyl/N-ethyl adjacent to an activating group) is 1. The number of imide groups is 2. The van der Waals surface area contributed by atoms with Crippen molar-refractivity contribution in [2.45, 2.75) is 25.3 Å². The monoisotopic (exact) mass is 887 g/mol. The lowest BCUT2D eigenvalue weighted by molar-refractivity contribution is -0.136. The minimum absolute atomic E-state index is 0.0133. The summed E-state index contributed by atoms with van der Waals surface area (Å²) >= 11 is 0. The number of benzene rings is 3. The molecule has 1 atom stereocenters. The molecule has 6 aromatic rings. The van der Waals surface area contributed by atoms with Crippen LogP contribution < -0.4 is 31.3 Å². The van der Waals surface area contributed by atoms with Crippen LogP contribution in [0.2, 0.25) is 0 Å². The number of aromatic nitrogens is 4. The molecule has 0 radical (unpaired) electrons. The lowest BCUT2D eigenvalue weighted by Crippen LogP contribution is -2.54. The first-order valence-electron chi connectivity index (χ1n) is 20.4. The van der Waals surface area contributed by atoms with E-state index in [1.165, 1.54) is 48.9 Å². The molecule has 0 bridgehead atoms. The molecule has 1 fully saturated rings. The van der Waals surface area contributed by atoms with Crippen LogP contribution in [0.3, 0.4) is 0 Å². The summed E-state index contributed by atoms with van der Waals surface area (Å²) in [6.45, 7) is 0.154. The first kappa shape index (κ1) is 43.4. The number of aromatic amines is 1. The zero-order valence-corrected chi connectivity index (χ0v) is 35.2. The highest BCUT2D eigenvalue weighted by molar-refractivity contribution is 6.25. The molecule has 0 aliphatic carbocycles. The number of methoxy groups -OCH3 is 1. The Balaban J connectivity index is 0.872. The minimum atomic E-state index is -1.08. The Bertz CT molecular complexity index is 2930. The van der Waals surface area contributed by atoms with Gasteiger partial charge < -0.3 is 40.6 Å². The predicted octanol–water partition coefficient (Wildman–Crippen LogP) is 3.93. The predicted molar refractivity (Wildman–Crippen MR) is 234 cm³/mol. The number of halogens is 1. The molecule has 6 N–H and O–H groups in total. The summed E-state index contributed by atoms with van der Waals surface area (Å²) in [5.74, 6) is -3.68. The van der Waals surface area contributed by atoms with Crippen LogP contribution in [0.1, 0.15) is 55.1 Å². The molecule has 3 aromatic heterocycles. The average Bonchev–Trinajstić information content (AvgIpc) is 4.00. The molecule has 8 rings (SSSR count). The van der Waals surface area contributed by atoms with E-state index in [0.717, 1.165) is 4.90 Å². The lowest BCUT2D eigenvalue weighted by atomic mass is 10.0. The number of carbonyl (C=O) groups excluding carboxylic acids is 7. The highest BCUT2D eigenvalue weighted by Crippen LogP contribution is 2.35. The highest BCUT2D eigenvalue weighted by atomic mass is 19.1. The second-order valence-corrected chi connectivity index (χ2v) is 15.0. The van der Waals surface area contributed by atoms with Gasteiger partial charge in [0.25, 0.3) is 23.6 Å². The fourth-order valence-electron chi connectivity index (χ4n) is 7.71. The molecule has 21 heteroatoms. The maximum absolute atomic E-state index is 14.8. The van der Waals surface area contributed by atoms with Crippen molar-refractivity contribution in [3.05, 3.63) is 95.6 Å². The zero-order valence-electron chi connectivity index (χ0n) is 35.2. The van der Waals surface area contributed by atoms with Crippen molar-refractivity contribution in [3.63, 3.8) is 0 Å². The summed E-state index contributed by atoms with van der Waals surface area (Å²) in [7, 11) is 4.40. The smallest absolute Gasteiger partial charge is 0.264 e. The van der Waals surface area contributed by atoms with Crippen molar-refractivity contribution in [1.29, 1.82) is 0 Å². The fraction of sp³-hybridized carbons (Fsp3) is 0.250. The maximum atomic E-state index is 14.8. The van der Waals surface area contributed by atoms with E-state index >= 15 is 0 Å². The number of anilines is 5. The van der Waals surface area contributed by atoms with E-state index in [9.17, 15) is 38.0 Å². The van der Waals surface area contributed by atoms with Crippen LogP contribution in [0.15, 0.2) is 73.1 Å². The molecule has 2 aliphatic rings. The first-order valence-corrected chi connectivity index (χ1v) is 20.4. The number of nitrogens with zero attached hydrogens (tertiary/aromatic N) is 5. The van der Waals surface area contributed by atoms with E-state index < -0.39 is 47.3 Å². The number of ether oxygens (including phenoxy) is 2. The molecule has 1 saturated heterocycles. The Labute approximate surface area is 368 Å². The standard InChI is InChI=1S/C44H42FN11O9/c1-46-41(61)37-26(45)7-5-9-28(37)49-39-25-12-15-48-38(25)52-44(53-39)50-29-21-31-23(20-32(29)64-3)13-17-55(31)35(59)22-54(2)34(58)14-18-65-19-16-47-27-8-4-6-24-36(27)43(63)56(42(24)62)30-10-11-33(57)51-40(30)60/h4-9,12-13,15,17,20-21,30,47H,10-11,14,16,18-19,22H2,1-3H3,(H,46,61)(H,51,57,60)(H3,48,49,50,52,53). The van der Waals surface area contributed by atoms with E-state index in [-0.39, 0.29) is 85.6 Å². The van der Waals surface area contributed by atoms with Gasteiger partial charge in [-0.1, -0.05) is 12.1 Å². The van der Waals surface area contributed by atoms with Crippen molar-refractivity contribution < 1.29 is 47.4 Å². The quantitative estimate of drug-likeness (QED) is 0.0596. The van der Waals surface area contributed by atoms with Gasteiger partial charge in [0.05, 0.1) is 65.7 Å². The normalized spacial score (nSPS) is 14.6. The number of hydrogen-bond donors (Lipinski definition) is 6. The van der Waals surface area contributed by atoms with E-state index in [4.69, 9.17) is 9.47 Å². The van der Waals surface area contributed by atoms with Crippen LogP contribution in [0.5, 0.6) is 5.75 Å². The molecule has 2 aliphatic heterocycles. The fourth-order valence-corrected chi connectivity index (χ4v) is 7.71. The minimum Gasteiger partial charge on any atom is -0.495 e. The molecule has 0 saturated carbocycles. The Morgan fingerprint density at radius 2 is 1.75 bits per heavy atom. The number of rotatable bonds is 16. The number of fused-ring (bicyclic) bond motifs is 3. The molecule has 5 heterocycles. The summed E-state index contributed by atoms with van der Waals surface area (Å²) < 4.78 is 27.5. The Morgan fingerprint density at radius 1 is 0.954 bits per heavy atom. The van der Waals surface area contributed by atoms with Crippen LogP contribution in [0.4, 0.5) is 33.2 Å².